The summed E-state index contributed by atoms with van der Waals surface area (Å²) in [5, 5.41) is 5.22. The fourth-order valence-electron chi connectivity index (χ4n) is 2.86. The molecule has 0 radical (unpaired) electrons. The minimum Gasteiger partial charge on any atom is -0.325 e. The van der Waals surface area contributed by atoms with Gasteiger partial charge in [-0.3, -0.25) is 14.2 Å². The summed E-state index contributed by atoms with van der Waals surface area (Å²) >= 11 is 2.63. The zero-order valence-electron chi connectivity index (χ0n) is 15.1. The third-order valence-corrected chi connectivity index (χ3v) is 6.03. The van der Waals surface area contributed by atoms with E-state index in [1.54, 1.807) is 4.57 Å². The molecule has 0 aliphatic carbocycles. The van der Waals surface area contributed by atoms with Crippen molar-refractivity contribution < 1.29 is 4.79 Å². The monoisotopic (exact) mass is 407 g/mol. The molecular formula is C21H17N3O2S2. The summed E-state index contributed by atoms with van der Waals surface area (Å²) in [6.07, 6.45) is 0. The highest BCUT2D eigenvalue weighted by molar-refractivity contribution is 7.99. The maximum Gasteiger partial charge on any atom is 0.276 e. The second kappa shape index (κ2) is 8.00. The van der Waals surface area contributed by atoms with Crippen LogP contribution < -0.4 is 10.9 Å². The number of thiophene rings is 1. The van der Waals surface area contributed by atoms with E-state index in [-0.39, 0.29) is 17.2 Å². The fourth-order valence-corrected chi connectivity index (χ4v) is 4.43. The van der Waals surface area contributed by atoms with Gasteiger partial charge in [-0.25, -0.2) is 4.98 Å². The number of para-hydroxylation sites is 2. The number of aromatic nitrogens is 2. The first-order chi connectivity index (χ1) is 13.6. The van der Waals surface area contributed by atoms with Gasteiger partial charge in [-0.1, -0.05) is 48.2 Å². The molecule has 0 spiro atoms. The highest BCUT2D eigenvalue weighted by Gasteiger charge is 2.16. The average Bonchev–Trinajstić information content (AvgIpc) is 3.17. The van der Waals surface area contributed by atoms with Gasteiger partial charge in [0.2, 0.25) is 5.91 Å². The highest BCUT2D eigenvalue weighted by atomic mass is 32.2. The Bertz CT molecular complexity index is 1200. The molecule has 0 aliphatic rings. The number of nitrogens with one attached hydrogen (secondary N) is 1. The fraction of sp³-hybridized carbons (Fsp3) is 0.0952. The van der Waals surface area contributed by atoms with Crippen molar-refractivity contribution in [1.82, 2.24) is 9.55 Å². The van der Waals surface area contributed by atoms with E-state index in [4.69, 9.17) is 0 Å². The first kappa shape index (κ1) is 18.5. The van der Waals surface area contributed by atoms with E-state index in [2.05, 4.69) is 10.3 Å². The molecule has 4 aromatic rings. The third-order valence-electron chi connectivity index (χ3n) is 4.20. The van der Waals surface area contributed by atoms with Gasteiger partial charge in [-0.15, -0.1) is 11.3 Å². The number of benzene rings is 2. The van der Waals surface area contributed by atoms with Crippen molar-refractivity contribution in [3.8, 4) is 5.69 Å². The van der Waals surface area contributed by atoms with Gasteiger partial charge in [0.15, 0.2) is 5.16 Å². The Hall–Kier alpha value is -2.90. The molecule has 0 atom stereocenters. The molecule has 0 bridgehead atoms. The zero-order chi connectivity index (χ0) is 19.5. The minimum absolute atomic E-state index is 0.111. The second-order valence-electron chi connectivity index (χ2n) is 6.16. The van der Waals surface area contributed by atoms with Gasteiger partial charge in [0.05, 0.1) is 17.0 Å². The number of thioether (sulfide) groups is 1. The molecule has 5 nitrogen and oxygen atoms in total. The Morgan fingerprint density at radius 1 is 1.11 bits per heavy atom. The second-order valence-corrected chi connectivity index (χ2v) is 8.02. The lowest BCUT2D eigenvalue weighted by Crippen LogP contribution is -2.22. The van der Waals surface area contributed by atoms with Crippen LogP contribution in [0, 0.1) is 6.92 Å². The Morgan fingerprint density at radius 3 is 2.64 bits per heavy atom. The Labute approximate surface area is 170 Å². The van der Waals surface area contributed by atoms with Crippen LogP contribution in [0.5, 0.6) is 0 Å². The molecule has 0 saturated carbocycles. The van der Waals surface area contributed by atoms with Gasteiger partial charge < -0.3 is 5.32 Å². The van der Waals surface area contributed by atoms with Crippen molar-refractivity contribution in [1.29, 1.82) is 0 Å². The molecule has 7 heteroatoms. The molecule has 0 fully saturated rings. The van der Waals surface area contributed by atoms with Gasteiger partial charge in [-0.2, -0.15) is 0 Å². The maximum atomic E-state index is 13.1. The molecule has 1 amide bonds. The first-order valence-corrected chi connectivity index (χ1v) is 10.5. The quantitative estimate of drug-likeness (QED) is 0.391. The van der Waals surface area contributed by atoms with Crippen LogP contribution in [0.25, 0.3) is 15.9 Å². The van der Waals surface area contributed by atoms with Crippen molar-refractivity contribution >= 4 is 44.9 Å². The van der Waals surface area contributed by atoms with Crippen LogP contribution in [0.2, 0.25) is 0 Å². The molecule has 1 N–H and O–H groups in total. The number of nitrogens with zero attached hydrogens (tertiary/aromatic N) is 2. The summed E-state index contributed by atoms with van der Waals surface area (Å²) < 4.78 is 2.22. The molecule has 2 aromatic carbocycles. The number of rotatable bonds is 5. The van der Waals surface area contributed by atoms with Crippen LogP contribution in [-0.2, 0) is 4.79 Å². The summed E-state index contributed by atoms with van der Waals surface area (Å²) in [5.41, 5.74) is 3.04. The standard InChI is InChI=1S/C21H17N3O2S2/c1-14-7-5-6-10-17(14)24-20(26)19-16(11-12-27-19)23-21(24)28-13-18(25)22-15-8-3-2-4-9-15/h2-12H,13H2,1H3,(H,22,25). The first-order valence-electron chi connectivity index (χ1n) is 8.67. The Morgan fingerprint density at radius 2 is 1.86 bits per heavy atom. The molecule has 0 unspecified atom stereocenters. The lowest BCUT2D eigenvalue weighted by Gasteiger charge is -2.14. The highest BCUT2D eigenvalue weighted by Crippen LogP contribution is 2.25. The van der Waals surface area contributed by atoms with Gasteiger partial charge in [0.25, 0.3) is 5.56 Å². The van der Waals surface area contributed by atoms with Crippen molar-refractivity contribution in [2.45, 2.75) is 12.1 Å². The normalized spacial score (nSPS) is 10.9. The average molecular weight is 408 g/mol. The minimum atomic E-state index is -0.146. The topological polar surface area (TPSA) is 64.0 Å². The SMILES string of the molecule is Cc1ccccc1-n1c(SCC(=O)Nc2ccccc2)nc2ccsc2c1=O. The number of hydrogen-bond donors (Lipinski definition) is 1. The van der Waals surface area contributed by atoms with E-state index >= 15 is 0 Å². The smallest absolute Gasteiger partial charge is 0.276 e. The molecule has 2 aromatic heterocycles. The van der Waals surface area contributed by atoms with E-state index in [1.165, 1.54) is 23.1 Å². The van der Waals surface area contributed by atoms with Crippen LogP contribution in [0.15, 0.2) is 76.0 Å². The van der Waals surface area contributed by atoms with E-state index < -0.39 is 0 Å². The molecule has 140 valence electrons. The van der Waals surface area contributed by atoms with Crippen molar-refractivity contribution in [2.75, 3.05) is 11.1 Å². The molecule has 2 heterocycles. The number of fused-ring (bicyclic) bond motifs is 1. The molecule has 4 rings (SSSR count). The Kier molecular flexibility index (Phi) is 5.27. The predicted molar refractivity (Wildman–Crippen MR) is 116 cm³/mol. The van der Waals surface area contributed by atoms with Gasteiger partial charge in [0, 0.05) is 5.69 Å². The van der Waals surface area contributed by atoms with Crippen molar-refractivity contribution in [3.63, 3.8) is 0 Å². The van der Waals surface area contributed by atoms with Crippen LogP contribution in [-0.4, -0.2) is 21.2 Å². The lowest BCUT2D eigenvalue weighted by atomic mass is 10.2. The number of hydrogen-bond acceptors (Lipinski definition) is 5. The van der Waals surface area contributed by atoms with Crippen LogP contribution in [0.4, 0.5) is 5.69 Å². The van der Waals surface area contributed by atoms with Crippen LogP contribution in [0.1, 0.15) is 5.56 Å². The summed E-state index contributed by atoms with van der Waals surface area (Å²) in [6, 6.07) is 18.8. The van der Waals surface area contributed by atoms with Gasteiger partial charge >= 0.3 is 0 Å². The van der Waals surface area contributed by atoms with Gasteiger partial charge in [-0.05, 0) is 42.1 Å². The van der Waals surface area contributed by atoms with E-state index in [9.17, 15) is 9.59 Å². The van der Waals surface area contributed by atoms with E-state index in [1.807, 2.05) is 73.0 Å². The molecule has 0 saturated heterocycles. The van der Waals surface area contributed by atoms with Crippen LogP contribution >= 0.6 is 23.1 Å². The van der Waals surface area contributed by atoms with Crippen LogP contribution in [0.3, 0.4) is 0 Å². The number of aryl methyl sites for hydroxylation is 1. The predicted octanol–water partition coefficient (Wildman–Crippen LogP) is 4.49. The van der Waals surface area contributed by atoms with Crippen molar-refractivity contribution in [2.24, 2.45) is 0 Å². The molecule has 0 aliphatic heterocycles. The molecule has 28 heavy (non-hydrogen) atoms. The number of carbonyl (C=O) groups excluding carboxylic acids is 1. The third kappa shape index (κ3) is 3.72. The number of carbonyl (C=O) groups is 1. The Balaban J connectivity index is 1.68. The van der Waals surface area contributed by atoms with E-state index in [0.29, 0.717) is 15.4 Å². The number of amides is 1. The van der Waals surface area contributed by atoms with Gasteiger partial charge in [0.1, 0.15) is 4.70 Å². The summed E-state index contributed by atoms with van der Waals surface area (Å²) in [5.74, 6) is 0.00950. The van der Waals surface area contributed by atoms with Crippen molar-refractivity contribution in [3.05, 3.63) is 82.0 Å². The lowest BCUT2D eigenvalue weighted by molar-refractivity contribution is -0.113. The summed E-state index contributed by atoms with van der Waals surface area (Å²) in [6.45, 7) is 1.96. The summed E-state index contributed by atoms with van der Waals surface area (Å²) in [7, 11) is 0. The maximum absolute atomic E-state index is 13.1. The summed E-state index contributed by atoms with van der Waals surface area (Å²) in [4.78, 5) is 30.1. The molecular weight excluding hydrogens is 390 g/mol. The number of anilines is 1. The largest absolute Gasteiger partial charge is 0.325 e. The van der Waals surface area contributed by atoms with E-state index in [0.717, 1.165) is 16.9 Å². The zero-order valence-corrected chi connectivity index (χ0v) is 16.7.